The van der Waals surface area contributed by atoms with Gasteiger partial charge in [0.15, 0.2) is 0 Å². The topological polar surface area (TPSA) is 52.5 Å². The maximum absolute atomic E-state index is 8.78. The molecular weight excluding hydrogens is 142 g/mol. The van der Waals surface area contributed by atoms with E-state index < -0.39 is 0 Å². The second-order valence-electron chi connectivity index (χ2n) is 2.55. The Balaban J connectivity index is 2.56. The SMILES string of the molecule is OC[C@@H](NO)C1=CCCC=C1. The van der Waals surface area contributed by atoms with Gasteiger partial charge in [-0.1, -0.05) is 18.2 Å². The van der Waals surface area contributed by atoms with Crippen molar-refractivity contribution in [1.29, 1.82) is 0 Å². The maximum atomic E-state index is 8.78. The molecule has 0 aliphatic heterocycles. The number of nitrogens with one attached hydrogen (secondary N) is 1. The lowest BCUT2D eigenvalue weighted by atomic mass is 10.0. The van der Waals surface area contributed by atoms with Crippen LogP contribution in [0.25, 0.3) is 0 Å². The highest BCUT2D eigenvalue weighted by molar-refractivity contribution is 5.27. The molecule has 0 heterocycles. The first-order chi connectivity index (χ1) is 5.38. The molecule has 1 aliphatic carbocycles. The van der Waals surface area contributed by atoms with Crippen LogP contribution in [0.5, 0.6) is 0 Å². The number of allylic oxidation sites excluding steroid dienone is 2. The summed E-state index contributed by atoms with van der Waals surface area (Å²) < 4.78 is 0. The Hall–Kier alpha value is -0.640. The first-order valence-corrected chi connectivity index (χ1v) is 3.75. The van der Waals surface area contributed by atoms with E-state index in [4.69, 9.17) is 10.3 Å². The number of aliphatic hydroxyl groups excluding tert-OH is 1. The second kappa shape index (κ2) is 4.28. The molecule has 0 amide bonds. The van der Waals surface area contributed by atoms with Crippen molar-refractivity contribution in [3.63, 3.8) is 0 Å². The number of rotatable bonds is 3. The third-order valence-corrected chi connectivity index (χ3v) is 1.76. The lowest BCUT2D eigenvalue weighted by Crippen LogP contribution is -2.31. The minimum absolute atomic E-state index is 0.0767. The fourth-order valence-corrected chi connectivity index (χ4v) is 1.11. The predicted octanol–water partition coefficient (Wildman–Crippen LogP) is 0.602. The Morgan fingerprint density at radius 2 is 2.36 bits per heavy atom. The molecule has 1 aliphatic rings. The summed E-state index contributed by atoms with van der Waals surface area (Å²) in [6, 6.07) is -0.327. The Kier molecular flexibility index (Phi) is 3.29. The van der Waals surface area contributed by atoms with E-state index >= 15 is 0 Å². The summed E-state index contributed by atoms with van der Waals surface area (Å²) in [5.41, 5.74) is 3.01. The molecule has 0 fully saturated rings. The van der Waals surface area contributed by atoms with Crippen molar-refractivity contribution in [3.8, 4) is 0 Å². The molecule has 1 rings (SSSR count). The minimum atomic E-state index is -0.327. The highest BCUT2D eigenvalue weighted by atomic mass is 16.5. The molecule has 62 valence electrons. The van der Waals surface area contributed by atoms with Gasteiger partial charge in [-0.25, -0.2) is 0 Å². The van der Waals surface area contributed by atoms with Crippen LogP contribution in [0, 0.1) is 0 Å². The van der Waals surface area contributed by atoms with Crippen LogP contribution in [0.1, 0.15) is 12.8 Å². The first-order valence-electron chi connectivity index (χ1n) is 3.75. The Labute approximate surface area is 66.0 Å². The number of hydroxylamine groups is 1. The molecule has 0 saturated heterocycles. The molecule has 0 spiro atoms. The van der Waals surface area contributed by atoms with E-state index in [1.165, 1.54) is 0 Å². The van der Waals surface area contributed by atoms with Gasteiger partial charge < -0.3 is 10.3 Å². The van der Waals surface area contributed by atoms with E-state index in [-0.39, 0.29) is 12.6 Å². The summed E-state index contributed by atoms with van der Waals surface area (Å²) in [7, 11) is 0. The van der Waals surface area contributed by atoms with Gasteiger partial charge in [0.1, 0.15) is 0 Å². The standard InChI is InChI=1S/C8H13NO2/c10-6-8(9-11)7-4-2-1-3-5-7/h2,4-5,8-11H,1,3,6H2/t8-/m1/s1. The van der Waals surface area contributed by atoms with Gasteiger partial charge in [0, 0.05) is 0 Å². The van der Waals surface area contributed by atoms with Crippen molar-refractivity contribution in [2.45, 2.75) is 18.9 Å². The molecule has 1 atom stereocenters. The minimum Gasteiger partial charge on any atom is -0.394 e. The number of hydrogen-bond acceptors (Lipinski definition) is 3. The van der Waals surface area contributed by atoms with Gasteiger partial charge in [-0.15, -0.1) is 0 Å². The van der Waals surface area contributed by atoms with Crippen LogP contribution in [-0.2, 0) is 0 Å². The molecule has 0 radical (unpaired) electrons. The van der Waals surface area contributed by atoms with Crippen molar-refractivity contribution >= 4 is 0 Å². The van der Waals surface area contributed by atoms with Crippen LogP contribution in [-0.4, -0.2) is 23.0 Å². The molecule has 3 N–H and O–H groups in total. The summed E-state index contributed by atoms with van der Waals surface area (Å²) in [6.07, 6.45) is 8.02. The zero-order valence-corrected chi connectivity index (χ0v) is 6.33. The van der Waals surface area contributed by atoms with Gasteiger partial charge in [0.05, 0.1) is 12.6 Å². The van der Waals surface area contributed by atoms with Crippen molar-refractivity contribution in [1.82, 2.24) is 5.48 Å². The summed E-state index contributed by atoms with van der Waals surface area (Å²) in [6.45, 7) is -0.0767. The molecule has 11 heavy (non-hydrogen) atoms. The zero-order valence-electron chi connectivity index (χ0n) is 6.33. The van der Waals surface area contributed by atoms with Crippen LogP contribution < -0.4 is 5.48 Å². The highest BCUT2D eigenvalue weighted by Crippen LogP contribution is 2.12. The van der Waals surface area contributed by atoms with Crippen molar-refractivity contribution in [3.05, 3.63) is 23.8 Å². The molecule has 0 aromatic carbocycles. The highest BCUT2D eigenvalue weighted by Gasteiger charge is 2.09. The molecule has 0 saturated carbocycles. The van der Waals surface area contributed by atoms with Gasteiger partial charge >= 0.3 is 0 Å². The monoisotopic (exact) mass is 155 g/mol. The van der Waals surface area contributed by atoms with E-state index in [1.807, 2.05) is 18.2 Å². The van der Waals surface area contributed by atoms with Gasteiger partial charge in [-0.2, -0.15) is 5.48 Å². The van der Waals surface area contributed by atoms with Crippen molar-refractivity contribution in [2.24, 2.45) is 0 Å². The molecule has 0 aromatic heterocycles. The Morgan fingerprint density at radius 3 is 2.82 bits per heavy atom. The lowest BCUT2D eigenvalue weighted by molar-refractivity contribution is 0.107. The van der Waals surface area contributed by atoms with E-state index in [9.17, 15) is 0 Å². The summed E-state index contributed by atoms with van der Waals surface area (Å²) in [4.78, 5) is 0. The smallest absolute Gasteiger partial charge is 0.0796 e. The van der Waals surface area contributed by atoms with Crippen molar-refractivity contribution in [2.75, 3.05) is 6.61 Å². The van der Waals surface area contributed by atoms with Crippen LogP contribution in [0.4, 0.5) is 0 Å². The average Bonchev–Trinajstić information content (AvgIpc) is 2.09. The maximum Gasteiger partial charge on any atom is 0.0796 e. The summed E-state index contributed by atoms with van der Waals surface area (Å²) in [5, 5.41) is 17.4. The van der Waals surface area contributed by atoms with Gasteiger partial charge in [-0.05, 0) is 18.4 Å². The van der Waals surface area contributed by atoms with E-state index in [0.717, 1.165) is 18.4 Å². The lowest BCUT2D eigenvalue weighted by Gasteiger charge is -2.15. The fourth-order valence-electron chi connectivity index (χ4n) is 1.11. The van der Waals surface area contributed by atoms with Gasteiger partial charge in [-0.3, -0.25) is 0 Å². The van der Waals surface area contributed by atoms with Crippen LogP contribution >= 0.6 is 0 Å². The third kappa shape index (κ3) is 2.15. The normalized spacial score (nSPS) is 19.6. The molecule has 0 aromatic rings. The third-order valence-electron chi connectivity index (χ3n) is 1.76. The van der Waals surface area contributed by atoms with Crippen LogP contribution in [0.3, 0.4) is 0 Å². The Bertz CT molecular complexity index is 171. The number of aliphatic hydroxyl groups is 1. The van der Waals surface area contributed by atoms with Crippen LogP contribution in [0.15, 0.2) is 23.8 Å². The van der Waals surface area contributed by atoms with E-state index in [2.05, 4.69) is 5.48 Å². The summed E-state index contributed by atoms with van der Waals surface area (Å²) >= 11 is 0. The van der Waals surface area contributed by atoms with Crippen LogP contribution in [0.2, 0.25) is 0 Å². The molecule has 0 unspecified atom stereocenters. The van der Waals surface area contributed by atoms with Gasteiger partial charge in [0.2, 0.25) is 0 Å². The van der Waals surface area contributed by atoms with Crippen molar-refractivity contribution < 1.29 is 10.3 Å². The quantitative estimate of drug-likeness (QED) is 0.523. The summed E-state index contributed by atoms with van der Waals surface area (Å²) in [5.74, 6) is 0. The Morgan fingerprint density at radius 1 is 1.55 bits per heavy atom. The molecular formula is C8H13NO2. The van der Waals surface area contributed by atoms with E-state index in [1.54, 1.807) is 0 Å². The predicted molar refractivity (Wildman–Crippen MR) is 42.3 cm³/mol. The van der Waals surface area contributed by atoms with Gasteiger partial charge in [0.25, 0.3) is 0 Å². The zero-order chi connectivity index (χ0) is 8.10. The molecule has 3 nitrogen and oxygen atoms in total. The first kappa shape index (κ1) is 8.46. The number of hydrogen-bond donors (Lipinski definition) is 3. The molecule has 0 bridgehead atoms. The van der Waals surface area contributed by atoms with E-state index in [0.29, 0.717) is 0 Å². The second-order valence-corrected chi connectivity index (χ2v) is 2.55. The average molecular weight is 155 g/mol. The largest absolute Gasteiger partial charge is 0.394 e. The fraction of sp³-hybridized carbons (Fsp3) is 0.500. The molecule has 3 heteroatoms.